The van der Waals surface area contributed by atoms with Crippen LogP contribution in [0.4, 0.5) is 5.69 Å². The number of ether oxygens (including phenoxy) is 1. The second-order valence-electron chi connectivity index (χ2n) is 9.51. The minimum Gasteiger partial charge on any atom is -0.449 e. The third-order valence-electron chi connectivity index (χ3n) is 6.97. The van der Waals surface area contributed by atoms with E-state index in [0.717, 1.165) is 37.0 Å². The number of esters is 1. The number of nitrogens with one attached hydrogen (secondary N) is 1. The Morgan fingerprint density at radius 2 is 1.52 bits per heavy atom. The van der Waals surface area contributed by atoms with E-state index in [-0.39, 0.29) is 17.2 Å². The van der Waals surface area contributed by atoms with Crippen molar-refractivity contribution in [1.82, 2.24) is 4.90 Å². The largest absolute Gasteiger partial charge is 0.449 e. The maximum absolute atomic E-state index is 13.1. The second-order valence-corrected chi connectivity index (χ2v) is 9.51. The molecule has 4 saturated carbocycles. The molecule has 4 aliphatic carbocycles. The molecule has 0 aliphatic heterocycles. The van der Waals surface area contributed by atoms with Gasteiger partial charge in [0.25, 0.3) is 5.91 Å². The highest BCUT2D eigenvalue weighted by molar-refractivity contribution is 5.97. The van der Waals surface area contributed by atoms with Crippen LogP contribution in [0.3, 0.4) is 0 Å². The smallest absolute Gasteiger partial charge is 0.338 e. The summed E-state index contributed by atoms with van der Waals surface area (Å²) in [6, 6.07) is 6.72. The van der Waals surface area contributed by atoms with Gasteiger partial charge >= 0.3 is 5.97 Å². The van der Waals surface area contributed by atoms with Crippen LogP contribution in [0.2, 0.25) is 0 Å². The summed E-state index contributed by atoms with van der Waals surface area (Å²) in [4.78, 5) is 38.6. The van der Waals surface area contributed by atoms with E-state index in [9.17, 15) is 14.4 Å². The molecule has 4 fully saturated rings. The molecule has 0 aromatic heterocycles. The Morgan fingerprint density at radius 1 is 1.00 bits per heavy atom. The van der Waals surface area contributed by atoms with Gasteiger partial charge in [0.2, 0.25) is 5.91 Å². The van der Waals surface area contributed by atoms with Gasteiger partial charge in [-0.05, 0) is 87.5 Å². The molecule has 6 nitrogen and oxygen atoms in total. The van der Waals surface area contributed by atoms with Crippen LogP contribution < -0.4 is 5.32 Å². The van der Waals surface area contributed by atoms with Crippen LogP contribution in [0.1, 0.15) is 55.8 Å². The van der Waals surface area contributed by atoms with Gasteiger partial charge in [-0.1, -0.05) is 0 Å². The van der Waals surface area contributed by atoms with E-state index in [0.29, 0.717) is 11.3 Å². The summed E-state index contributed by atoms with van der Waals surface area (Å²) in [6.07, 6.45) is 6.13. The van der Waals surface area contributed by atoms with Gasteiger partial charge in [-0.25, -0.2) is 4.79 Å². The van der Waals surface area contributed by atoms with Crippen molar-refractivity contribution in [3.05, 3.63) is 29.8 Å². The van der Waals surface area contributed by atoms with Crippen LogP contribution in [-0.2, 0) is 14.3 Å². The average molecular weight is 399 g/mol. The Bertz CT molecular complexity index is 779. The summed E-state index contributed by atoms with van der Waals surface area (Å²) in [7, 11) is 3.24. The summed E-state index contributed by atoms with van der Waals surface area (Å²) < 4.78 is 5.23. The molecule has 1 aromatic rings. The van der Waals surface area contributed by atoms with Gasteiger partial charge in [-0.2, -0.15) is 0 Å². The van der Waals surface area contributed by atoms with Crippen molar-refractivity contribution in [3.63, 3.8) is 0 Å². The van der Waals surface area contributed by atoms with Gasteiger partial charge in [-0.15, -0.1) is 0 Å². The standard InChI is InChI=1S/C23H30N2O4/c1-14(20(26)25(2)3)29-21(27)18-4-6-19(7-5-18)24-22(28)23-11-15-8-16(12-23)10-17(9-15)13-23/h4-7,14-17H,8-13H2,1-3H3,(H,24,28)/t14-,15?,16?,17?,23?/m1/s1. The first-order valence-corrected chi connectivity index (χ1v) is 10.6. The third kappa shape index (κ3) is 3.89. The quantitative estimate of drug-likeness (QED) is 0.771. The van der Waals surface area contributed by atoms with Crippen molar-refractivity contribution in [3.8, 4) is 0 Å². The number of rotatable bonds is 5. The molecule has 5 rings (SSSR count). The number of carbonyl (C=O) groups is 3. The lowest BCUT2D eigenvalue weighted by Crippen LogP contribution is -2.51. The molecular formula is C23H30N2O4. The summed E-state index contributed by atoms with van der Waals surface area (Å²) in [6.45, 7) is 1.56. The normalized spacial score (nSPS) is 30.5. The number of carbonyl (C=O) groups excluding carboxylic acids is 3. The number of likely N-dealkylation sites (N-methyl/N-ethyl adjacent to an activating group) is 1. The highest BCUT2D eigenvalue weighted by Gasteiger charge is 2.54. The lowest BCUT2D eigenvalue weighted by atomic mass is 9.49. The molecule has 4 bridgehead atoms. The monoisotopic (exact) mass is 398 g/mol. The fourth-order valence-corrected chi connectivity index (χ4v) is 5.98. The van der Waals surface area contributed by atoms with Gasteiger partial charge in [0.05, 0.1) is 11.0 Å². The number of hydrogen-bond acceptors (Lipinski definition) is 4. The molecule has 156 valence electrons. The van der Waals surface area contributed by atoms with Crippen molar-refractivity contribution in [2.24, 2.45) is 23.2 Å². The Kier molecular flexibility index (Phi) is 5.13. The zero-order chi connectivity index (χ0) is 20.8. The van der Waals surface area contributed by atoms with E-state index in [1.807, 2.05) is 0 Å². The maximum atomic E-state index is 13.1. The highest BCUT2D eigenvalue weighted by atomic mass is 16.5. The van der Waals surface area contributed by atoms with Gasteiger partial charge in [0.1, 0.15) is 0 Å². The molecular weight excluding hydrogens is 368 g/mol. The number of benzene rings is 1. The molecule has 2 amide bonds. The number of nitrogens with zero attached hydrogens (tertiary/aromatic N) is 1. The minimum absolute atomic E-state index is 0.136. The predicted octanol–water partition coefficient (Wildman–Crippen LogP) is 3.48. The molecule has 4 aliphatic rings. The van der Waals surface area contributed by atoms with Gasteiger partial charge in [0, 0.05) is 19.8 Å². The second kappa shape index (κ2) is 7.47. The molecule has 29 heavy (non-hydrogen) atoms. The average Bonchev–Trinajstić information content (AvgIpc) is 2.66. The first kappa shape index (κ1) is 19.9. The third-order valence-corrected chi connectivity index (χ3v) is 6.97. The Morgan fingerprint density at radius 3 is 2.00 bits per heavy atom. The zero-order valence-electron chi connectivity index (χ0n) is 17.4. The summed E-state index contributed by atoms with van der Waals surface area (Å²) in [5, 5.41) is 3.09. The highest BCUT2D eigenvalue weighted by Crippen LogP contribution is 2.60. The van der Waals surface area contributed by atoms with Gasteiger partial charge in [0.15, 0.2) is 6.10 Å². The molecule has 0 heterocycles. The summed E-state index contributed by atoms with van der Waals surface area (Å²) in [5.74, 6) is 1.48. The molecule has 1 atom stereocenters. The van der Waals surface area contributed by atoms with Crippen molar-refractivity contribution >= 4 is 23.5 Å². The number of anilines is 1. The SMILES string of the molecule is C[C@@H](OC(=O)c1ccc(NC(=O)C23CC4CC(CC(C4)C2)C3)cc1)C(=O)N(C)C. The van der Waals surface area contributed by atoms with Crippen molar-refractivity contribution in [2.75, 3.05) is 19.4 Å². The van der Waals surface area contributed by atoms with Crippen LogP contribution in [-0.4, -0.2) is 42.9 Å². The first-order valence-electron chi connectivity index (χ1n) is 10.6. The Hall–Kier alpha value is -2.37. The predicted molar refractivity (Wildman–Crippen MR) is 109 cm³/mol. The van der Waals surface area contributed by atoms with Crippen LogP contribution in [0, 0.1) is 23.2 Å². The van der Waals surface area contributed by atoms with Crippen LogP contribution in [0.5, 0.6) is 0 Å². The van der Waals surface area contributed by atoms with Crippen molar-refractivity contribution in [2.45, 2.75) is 51.6 Å². The molecule has 0 saturated heterocycles. The van der Waals surface area contributed by atoms with E-state index in [4.69, 9.17) is 4.74 Å². The molecule has 1 aromatic carbocycles. The molecule has 0 spiro atoms. The van der Waals surface area contributed by atoms with E-state index >= 15 is 0 Å². The molecule has 0 radical (unpaired) electrons. The fraction of sp³-hybridized carbons (Fsp3) is 0.609. The minimum atomic E-state index is -0.840. The van der Waals surface area contributed by atoms with Gasteiger partial charge < -0.3 is 15.0 Å². The van der Waals surface area contributed by atoms with Crippen molar-refractivity contribution in [1.29, 1.82) is 0 Å². The summed E-state index contributed by atoms with van der Waals surface area (Å²) in [5.41, 5.74) is 0.852. The van der Waals surface area contributed by atoms with E-state index in [2.05, 4.69) is 5.32 Å². The van der Waals surface area contributed by atoms with E-state index < -0.39 is 12.1 Å². The first-order chi connectivity index (χ1) is 13.8. The summed E-state index contributed by atoms with van der Waals surface area (Å²) >= 11 is 0. The van der Waals surface area contributed by atoms with Gasteiger partial charge in [-0.3, -0.25) is 9.59 Å². The molecule has 6 heteroatoms. The van der Waals surface area contributed by atoms with E-state index in [1.54, 1.807) is 45.3 Å². The molecule has 1 N–H and O–H groups in total. The van der Waals surface area contributed by atoms with Crippen LogP contribution >= 0.6 is 0 Å². The number of amides is 2. The topological polar surface area (TPSA) is 75.7 Å². The van der Waals surface area contributed by atoms with Crippen LogP contribution in [0.25, 0.3) is 0 Å². The van der Waals surface area contributed by atoms with Crippen LogP contribution in [0.15, 0.2) is 24.3 Å². The Balaban J connectivity index is 1.38. The fourth-order valence-electron chi connectivity index (χ4n) is 5.98. The van der Waals surface area contributed by atoms with Crippen molar-refractivity contribution < 1.29 is 19.1 Å². The molecule has 0 unspecified atom stereocenters. The lowest BCUT2D eigenvalue weighted by molar-refractivity contribution is -0.140. The number of hydrogen-bond donors (Lipinski definition) is 1. The zero-order valence-corrected chi connectivity index (χ0v) is 17.4. The maximum Gasteiger partial charge on any atom is 0.338 e. The lowest BCUT2D eigenvalue weighted by Gasteiger charge is -2.55. The Labute approximate surface area is 172 Å². The van der Waals surface area contributed by atoms with E-state index in [1.165, 1.54) is 24.2 Å².